The summed E-state index contributed by atoms with van der Waals surface area (Å²) in [4.78, 5) is 10.7. The van der Waals surface area contributed by atoms with Crippen molar-refractivity contribution in [1.82, 2.24) is 0 Å². The molecule has 5 heteroatoms. The molecule has 2 aromatic rings. The molecule has 1 aliphatic rings. The van der Waals surface area contributed by atoms with Gasteiger partial charge in [0.25, 0.3) is 0 Å². The molecule has 2 aromatic carbocycles. The molecule has 0 unspecified atom stereocenters. The Bertz CT molecular complexity index is 814. The zero-order chi connectivity index (χ0) is 21.6. The molecule has 0 spiro atoms. The van der Waals surface area contributed by atoms with E-state index in [9.17, 15) is 9.90 Å². The first-order valence-electron chi connectivity index (χ1n) is 10.1. The highest BCUT2D eigenvalue weighted by atomic mass is 16.5. The zero-order valence-corrected chi connectivity index (χ0v) is 18.2. The van der Waals surface area contributed by atoms with E-state index in [4.69, 9.17) is 9.47 Å². The quantitative estimate of drug-likeness (QED) is 0.774. The number of hydrogen-bond donors (Lipinski definition) is 1. The number of ether oxygens (including phenoxy) is 2. The molecule has 0 aromatic heterocycles. The van der Waals surface area contributed by atoms with Crippen LogP contribution in [0.3, 0.4) is 0 Å². The molecule has 0 heterocycles. The average Bonchev–Trinajstić information content (AvgIpc) is 2.69. The van der Waals surface area contributed by atoms with Crippen molar-refractivity contribution in [2.24, 2.45) is 5.92 Å². The van der Waals surface area contributed by atoms with Gasteiger partial charge in [0.05, 0.1) is 20.8 Å². The van der Waals surface area contributed by atoms with Crippen molar-refractivity contribution in [2.45, 2.75) is 45.4 Å². The van der Waals surface area contributed by atoms with Crippen molar-refractivity contribution >= 4 is 5.97 Å². The van der Waals surface area contributed by atoms with Crippen molar-refractivity contribution in [3.05, 3.63) is 58.7 Å². The van der Waals surface area contributed by atoms with Crippen molar-refractivity contribution < 1.29 is 25.1 Å². The van der Waals surface area contributed by atoms with Gasteiger partial charge in [0.1, 0.15) is 0 Å². The lowest BCUT2D eigenvalue weighted by Crippen LogP contribution is -2.54. The fourth-order valence-corrected chi connectivity index (χ4v) is 3.55. The smallest absolute Gasteiger partial charge is 0.161 e. The molecule has 0 saturated carbocycles. The Kier molecular flexibility index (Phi) is 8.09. The molecular weight excluding hydrogens is 366 g/mol. The number of fused-ring (bicyclic) bond motifs is 1. The number of hydrogen-bond acceptors (Lipinski definition) is 4. The van der Waals surface area contributed by atoms with E-state index in [2.05, 4.69) is 31.7 Å². The number of carbonyl (C=O) groups excluding carboxylic acids is 1. The fraction of sp³-hybridized carbons (Fsp3) is 0.458. The molecule has 0 aliphatic heterocycles. The van der Waals surface area contributed by atoms with Gasteiger partial charge in [-0.25, -0.2) is 0 Å². The third kappa shape index (κ3) is 5.73. The lowest BCUT2D eigenvalue weighted by atomic mass is 9.77. The van der Waals surface area contributed by atoms with Crippen LogP contribution in [0.4, 0.5) is 0 Å². The number of carboxylic acids is 1. The van der Waals surface area contributed by atoms with Crippen molar-refractivity contribution in [3.63, 3.8) is 0 Å². The van der Waals surface area contributed by atoms with Crippen LogP contribution in [0.2, 0.25) is 0 Å². The summed E-state index contributed by atoms with van der Waals surface area (Å²) in [5, 5.41) is 10.7. The average molecular weight is 400 g/mol. The first-order valence-corrected chi connectivity index (χ1v) is 10.1. The topological polar surface area (TPSA) is 86.2 Å². The van der Waals surface area contributed by atoms with E-state index < -0.39 is 11.9 Å². The van der Waals surface area contributed by atoms with E-state index in [1.807, 2.05) is 24.3 Å². The van der Waals surface area contributed by atoms with E-state index in [0.29, 0.717) is 11.8 Å². The molecule has 3 rings (SSSR count). The predicted octanol–water partition coefficient (Wildman–Crippen LogP) is 2.32. The Labute approximate surface area is 173 Å². The van der Waals surface area contributed by atoms with Crippen LogP contribution in [0.1, 0.15) is 54.9 Å². The maximum Gasteiger partial charge on any atom is 0.161 e. The molecule has 29 heavy (non-hydrogen) atoms. The maximum atomic E-state index is 10.7. The number of carbonyl (C=O) groups is 1. The molecule has 2 atom stereocenters. The van der Waals surface area contributed by atoms with Crippen LogP contribution in [0.15, 0.2) is 36.4 Å². The fourth-order valence-electron chi connectivity index (χ4n) is 3.55. The standard InChI is InChI=1S/C13H18O2.C11H15NO2/c1-9(2)8-11-4-6-12(7-5-11)10(3)13(14)15;1-13-10-4-7-3-8(6-12)9(7)5-11(10)14-2/h4-7,9-10H,8H2,1-3H3,(H,14,15);4-5,8H,3,6,12H2,1-2H3/t10-;8-/m01/s1. The largest absolute Gasteiger partial charge is 0.550 e. The van der Waals surface area contributed by atoms with Gasteiger partial charge in [-0.3, -0.25) is 0 Å². The van der Waals surface area contributed by atoms with Gasteiger partial charge in [-0.2, -0.15) is 0 Å². The minimum absolute atomic E-state index is 0.530. The van der Waals surface area contributed by atoms with E-state index in [1.54, 1.807) is 21.1 Å². The molecule has 5 nitrogen and oxygen atoms in total. The summed E-state index contributed by atoms with van der Waals surface area (Å²) in [6, 6.07) is 11.9. The van der Waals surface area contributed by atoms with Gasteiger partial charge < -0.3 is 25.1 Å². The van der Waals surface area contributed by atoms with Crippen LogP contribution in [-0.2, 0) is 17.6 Å². The van der Waals surface area contributed by atoms with E-state index in [0.717, 1.165) is 36.4 Å². The summed E-state index contributed by atoms with van der Waals surface area (Å²) < 4.78 is 10.5. The number of carboxylic acid groups (broad SMARTS) is 1. The van der Waals surface area contributed by atoms with E-state index >= 15 is 0 Å². The summed E-state index contributed by atoms with van der Waals surface area (Å²) in [7, 11) is 3.34. The second kappa shape index (κ2) is 10.3. The molecule has 1 aliphatic carbocycles. The zero-order valence-electron chi connectivity index (χ0n) is 18.2. The molecule has 0 bridgehead atoms. The molecule has 0 amide bonds. The lowest BCUT2D eigenvalue weighted by Gasteiger charge is -2.28. The Hall–Kier alpha value is -2.53. The summed E-state index contributed by atoms with van der Waals surface area (Å²) >= 11 is 0. The van der Waals surface area contributed by atoms with Crippen LogP contribution in [-0.4, -0.2) is 26.7 Å². The minimum Gasteiger partial charge on any atom is -0.550 e. The highest BCUT2D eigenvalue weighted by Crippen LogP contribution is 2.41. The Morgan fingerprint density at radius 2 is 1.69 bits per heavy atom. The van der Waals surface area contributed by atoms with Crippen molar-refractivity contribution in [3.8, 4) is 11.5 Å². The van der Waals surface area contributed by atoms with Gasteiger partial charge in [0.2, 0.25) is 0 Å². The van der Waals surface area contributed by atoms with E-state index in [1.165, 1.54) is 16.7 Å². The molecule has 0 fully saturated rings. The summed E-state index contributed by atoms with van der Waals surface area (Å²) in [6.07, 6.45) is 2.15. The van der Waals surface area contributed by atoms with Gasteiger partial charge in [-0.1, -0.05) is 45.0 Å². The highest BCUT2D eigenvalue weighted by Gasteiger charge is 2.28. The van der Waals surface area contributed by atoms with Gasteiger partial charge in [-0.05, 0) is 53.1 Å². The van der Waals surface area contributed by atoms with Gasteiger partial charge in [0.15, 0.2) is 11.5 Å². The predicted molar refractivity (Wildman–Crippen MR) is 112 cm³/mol. The summed E-state index contributed by atoms with van der Waals surface area (Å²) in [5.74, 6) is 1.34. The van der Waals surface area contributed by atoms with Crippen LogP contribution >= 0.6 is 0 Å². The molecule has 0 saturated heterocycles. The second-order valence-electron chi connectivity index (χ2n) is 7.98. The number of quaternary nitrogens is 1. The maximum absolute atomic E-state index is 10.7. The van der Waals surface area contributed by atoms with Gasteiger partial charge >= 0.3 is 0 Å². The Morgan fingerprint density at radius 3 is 2.17 bits per heavy atom. The van der Waals surface area contributed by atoms with Gasteiger partial charge in [-0.15, -0.1) is 0 Å². The highest BCUT2D eigenvalue weighted by molar-refractivity contribution is 5.73. The van der Waals surface area contributed by atoms with Gasteiger partial charge in [0, 0.05) is 17.8 Å². The number of benzene rings is 2. The number of aliphatic carboxylic acids is 1. The van der Waals surface area contributed by atoms with Crippen molar-refractivity contribution in [1.29, 1.82) is 0 Å². The second-order valence-corrected chi connectivity index (χ2v) is 7.98. The number of methoxy groups -OCH3 is 2. The van der Waals surface area contributed by atoms with Crippen LogP contribution in [0, 0.1) is 5.92 Å². The molecule has 3 N–H and O–H groups in total. The first-order chi connectivity index (χ1) is 13.8. The van der Waals surface area contributed by atoms with Crippen molar-refractivity contribution in [2.75, 3.05) is 20.8 Å². The normalized spacial score (nSPS) is 15.5. The molecule has 0 radical (unpaired) electrons. The SMILES string of the molecule is CC(C)Cc1ccc([C@H](C)C(=O)[O-])cc1.COc1cc2c(cc1OC)[C@@H](C[NH3+])C2. The monoisotopic (exact) mass is 399 g/mol. The van der Waals surface area contributed by atoms with Crippen LogP contribution in [0.5, 0.6) is 11.5 Å². The summed E-state index contributed by atoms with van der Waals surface area (Å²) in [5.41, 5.74) is 8.73. The minimum atomic E-state index is -1.02. The lowest BCUT2D eigenvalue weighted by molar-refractivity contribution is -0.373. The van der Waals surface area contributed by atoms with E-state index in [-0.39, 0.29) is 0 Å². The molecular formula is C24H33NO4. The van der Waals surface area contributed by atoms with Crippen LogP contribution in [0.25, 0.3) is 0 Å². The molecule has 158 valence electrons. The first kappa shape index (κ1) is 22.8. The summed E-state index contributed by atoms with van der Waals surface area (Å²) in [6.45, 7) is 6.94. The number of rotatable bonds is 7. The third-order valence-corrected chi connectivity index (χ3v) is 5.38. The third-order valence-electron chi connectivity index (χ3n) is 5.38. The van der Waals surface area contributed by atoms with Crippen LogP contribution < -0.4 is 20.3 Å². The Morgan fingerprint density at radius 1 is 1.10 bits per heavy atom. The Balaban J connectivity index is 0.000000207.